The Bertz CT molecular complexity index is 813. The van der Waals surface area contributed by atoms with E-state index in [-0.39, 0.29) is 0 Å². The Labute approximate surface area is 162 Å². The third kappa shape index (κ3) is 6.35. The Morgan fingerprint density at radius 1 is 1.44 bits per heavy atom. The molecule has 0 aliphatic heterocycles. The first-order valence-electron chi connectivity index (χ1n) is 9.81. The summed E-state index contributed by atoms with van der Waals surface area (Å²) >= 11 is 0. The molecule has 1 saturated carbocycles. The Balaban J connectivity index is 0.000000194. The van der Waals surface area contributed by atoms with Crippen LogP contribution in [0, 0.1) is 12.8 Å². The van der Waals surface area contributed by atoms with Gasteiger partial charge in [0.15, 0.2) is 0 Å². The van der Waals surface area contributed by atoms with Gasteiger partial charge in [-0.1, -0.05) is 27.2 Å². The molecule has 1 fully saturated rings. The summed E-state index contributed by atoms with van der Waals surface area (Å²) in [6.07, 6.45) is 11.3. The average Bonchev–Trinajstić information content (AvgIpc) is 3.39. The number of imidazole rings is 1. The van der Waals surface area contributed by atoms with E-state index in [9.17, 15) is 4.79 Å². The highest BCUT2D eigenvalue weighted by Gasteiger charge is 2.25. The van der Waals surface area contributed by atoms with E-state index in [1.165, 1.54) is 18.4 Å². The van der Waals surface area contributed by atoms with Gasteiger partial charge in [-0.3, -0.25) is 9.79 Å². The van der Waals surface area contributed by atoms with Crippen molar-refractivity contribution in [2.24, 2.45) is 10.9 Å². The quantitative estimate of drug-likeness (QED) is 0.570. The SMILES string of the molecule is CCC/C(=C\C(=NC)C1CC1)NC=O.Cc1ccn2cc(C(C)C)nc2c1. The van der Waals surface area contributed by atoms with Crippen molar-refractivity contribution in [3.05, 3.63) is 47.6 Å². The lowest BCUT2D eigenvalue weighted by molar-refractivity contribution is -0.109. The second-order valence-electron chi connectivity index (χ2n) is 7.39. The van der Waals surface area contributed by atoms with Crippen molar-refractivity contribution < 1.29 is 4.79 Å². The molecule has 0 saturated heterocycles. The van der Waals surface area contributed by atoms with Crippen LogP contribution >= 0.6 is 0 Å². The minimum atomic E-state index is 0.500. The molecule has 1 aliphatic carbocycles. The summed E-state index contributed by atoms with van der Waals surface area (Å²) in [5.41, 5.74) is 5.57. The third-order valence-corrected chi connectivity index (χ3v) is 4.57. The van der Waals surface area contributed by atoms with Gasteiger partial charge in [0.05, 0.1) is 5.69 Å². The highest BCUT2D eigenvalue weighted by Crippen LogP contribution is 2.31. The summed E-state index contributed by atoms with van der Waals surface area (Å²) in [5, 5.41) is 2.73. The molecule has 0 aromatic carbocycles. The predicted octanol–water partition coefficient (Wildman–Crippen LogP) is 4.66. The fourth-order valence-corrected chi connectivity index (χ4v) is 2.84. The number of carbonyl (C=O) groups is 1. The molecule has 0 atom stereocenters. The second kappa shape index (κ2) is 10.0. The highest BCUT2D eigenvalue weighted by atomic mass is 16.1. The number of aliphatic imine (C=N–C) groups is 1. The molecular formula is C22H32N4O. The van der Waals surface area contributed by atoms with E-state index in [0.29, 0.717) is 11.8 Å². The summed E-state index contributed by atoms with van der Waals surface area (Å²) in [5.74, 6) is 1.14. The van der Waals surface area contributed by atoms with Crippen LogP contribution in [0.15, 0.2) is 41.3 Å². The molecule has 3 rings (SSSR count). The zero-order valence-corrected chi connectivity index (χ0v) is 17.2. The van der Waals surface area contributed by atoms with Gasteiger partial charge in [-0.2, -0.15) is 0 Å². The number of amides is 1. The summed E-state index contributed by atoms with van der Waals surface area (Å²) in [4.78, 5) is 19.1. The molecule has 1 N–H and O–H groups in total. The van der Waals surface area contributed by atoms with Gasteiger partial charge in [0.1, 0.15) is 5.65 Å². The fraction of sp³-hybridized carbons (Fsp3) is 0.500. The zero-order chi connectivity index (χ0) is 19.8. The van der Waals surface area contributed by atoms with Crippen LogP contribution in [0.2, 0.25) is 0 Å². The number of nitrogens with one attached hydrogen (secondary N) is 1. The Morgan fingerprint density at radius 3 is 2.74 bits per heavy atom. The number of fused-ring (bicyclic) bond motifs is 1. The van der Waals surface area contributed by atoms with Gasteiger partial charge in [0.25, 0.3) is 0 Å². The van der Waals surface area contributed by atoms with Gasteiger partial charge in [-0.05, 0) is 55.9 Å². The fourth-order valence-electron chi connectivity index (χ4n) is 2.84. The summed E-state index contributed by atoms with van der Waals surface area (Å²) in [6.45, 7) is 8.51. The molecule has 5 nitrogen and oxygen atoms in total. The molecular weight excluding hydrogens is 336 g/mol. The molecule has 0 radical (unpaired) electrons. The smallest absolute Gasteiger partial charge is 0.211 e. The maximum atomic E-state index is 10.4. The number of hydrogen-bond acceptors (Lipinski definition) is 3. The van der Waals surface area contributed by atoms with Crippen LogP contribution < -0.4 is 5.32 Å². The maximum absolute atomic E-state index is 10.4. The van der Waals surface area contributed by atoms with E-state index in [1.54, 1.807) is 0 Å². The minimum Gasteiger partial charge on any atom is -0.332 e. The number of nitrogens with zero attached hydrogens (tertiary/aromatic N) is 3. The number of allylic oxidation sites excluding steroid dienone is 2. The van der Waals surface area contributed by atoms with Gasteiger partial charge in [0, 0.05) is 36.8 Å². The lowest BCUT2D eigenvalue weighted by Gasteiger charge is -2.05. The van der Waals surface area contributed by atoms with Crippen LogP contribution in [0.4, 0.5) is 0 Å². The number of carbonyl (C=O) groups excluding carboxylic acids is 1. The van der Waals surface area contributed by atoms with E-state index in [1.807, 2.05) is 13.1 Å². The number of rotatable bonds is 7. The highest BCUT2D eigenvalue weighted by molar-refractivity contribution is 5.99. The van der Waals surface area contributed by atoms with Gasteiger partial charge in [-0.15, -0.1) is 0 Å². The van der Waals surface area contributed by atoms with Crippen LogP contribution in [0.5, 0.6) is 0 Å². The number of pyridine rings is 1. The van der Waals surface area contributed by atoms with Crippen molar-refractivity contribution in [3.63, 3.8) is 0 Å². The average molecular weight is 369 g/mol. The van der Waals surface area contributed by atoms with Crippen LogP contribution in [0.1, 0.15) is 63.6 Å². The van der Waals surface area contributed by atoms with Crippen LogP contribution in [0.25, 0.3) is 5.65 Å². The van der Waals surface area contributed by atoms with Gasteiger partial charge in [-0.25, -0.2) is 4.98 Å². The van der Waals surface area contributed by atoms with E-state index >= 15 is 0 Å². The molecule has 1 aliphatic rings. The monoisotopic (exact) mass is 368 g/mol. The Kier molecular flexibility index (Phi) is 7.77. The molecule has 27 heavy (non-hydrogen) atoms. The van der Waals surface area contributed by atoms with Crippen molar-refractivity contribution in [2.45, 2.75) is 59.3 Å². The van der Waals surface area contributed by atoms with Crippen molar-refractivity contribution in [2.75, 3.05) is 7.05 Å². The first kappa shape index (κ1) is 20.9. The topological polar surface area (TPSA) is 58.8 Å². The largest absolute Gasteiger partial charge is 0.332 e. The van der Waals surface area contributed by atoms with Crippen molar-refractivity contribution in [1.29, 1.82) is 0 Å². The van der Waals surface area contributed by atoms with E-state index < -0.39 is 0 Å². The van der Waals surface area contributed by atoms with Crippen LogP contribution in [-0.2, 0) is 4.79 Å². The lowest BCUT2D eigenvalue weighted by atomic mass is 10.1. The Hall–Kier alpha value is -2.43. The Morgan fingerprint density at radius 2 is 2.19 bits per heavy atom. The van der Waals surface area contributed by atoms with Crippen LogP contribution in [0.3, 0.4) is 0 Å². The number of aryl methyl sites for hydroxylation is 1. The van der Waals surface area contributed by atoms with Crippen molar-refractivity contribution in [1.82, 2.24) is 14.7 Å². The van der Waals surface area contributed by atoms with E-state index in [4.69, 9.17) is 0 Å². The van der Waals surface area contributed by atoms with Crippen LogP contribution in [-0.4, -0.2) is 28.6 Å². The van der Waals surface area contributed by atoms with E-state index in [2.05, 4.69) is 71.9 Å². The minimum absolute atomic E-state index is 0.500. The molecule has 2 aromatic heterocycles. The summed E-state index contributed by atoms with van der Waals surface area (Å²) in [6, 6.07) is 4.20. The third-order valence-electron chi connectivity index (χ3n) is 4.57. The normalized spacial score (nSPS) is 14.9. The molecule has 146 valence electrons. The standard InChI is InChI=1S/C11H18N2O.C11H14N2/c1-3-4-10(13-8-14)7-11(12-2)9-5-6-9;1-8(2)10-7-13-5-4-9(3)6-11(13)12-10/h7-9H,3-6H2,1-2H3,(H,13,14);4-8H,1-3H3/b10-7+,12-11?;. The molecule has 5 heteroatoms. The van der Waals surface area contributed by atoms with Gasteiger partial charge in [0.2, 0.25) is 6.41 Å². The number of aromatic nitrogens is 2. The maximum Gasteiger partial charge on any atom is 0.211 e. The van der Waals surface area contributed by atoms with Gasteiger partial charge >= 0.3 is 0 Å². The predicted molar refractivity (Wildman–Crippen MR) is 112 cm³/mol. The first-order chi connectivity index (χ1) is 13.0. The van der Waals surface area contributed by atoms with E-state index in [0.717, 1.165) is 42.0 Å². The number of hydrogen-bond donors (Lipinski definition) is 1. The molecule has 0 unspecified atom stereocenters. The second-order valence-corrected chi connectivity index (χ2v) is 7.39. The van der Waals surface area contributed by atoms with Gasteiger partial charge < -0.3 is 9.72 Å². The molecule has 1 amide bonds. The molecule has 0 spiro atoms. The summed E-state index contributed by atoms with van der Waals surface area (Å²) < 4.78 is 2.07. The van der Waals surface area contributed by atoms with Crippen molar-refractivity contribution >= 4 is 17.8 Å². The molecule has 2 heterocycles. The molecule has 2 aromatic rings. The molecule has 0 bridgehead atoms. The van der Waals surface area contributed by atoms with Crippen molar-refractivity contribution in [3.8, 4) is 0 Å². The zero-order valence-electron chi connectivity index (χ0n) is 17.2. The first-order valence-corrected chi connectivity index (χ1v) is 9.81. The lowest BCUT2D eigenvalue weighted by Crippen LogP contribution is -2.12. The summed E-state index contributed by atoms with van der Waals surface area (Å²) in [7, 11) is 1.81.